The Morgan fingerprint density at radius 3 is 2.96 bits per heavy atom. The first-order valence-electron chi connectivity index (χ1n) is 7.92. The number of halogens is 1. The Kier molecular flexibility index (Phi) is 4.80. The molecule has 3 rings (SSSR count). The molecule has 0 bridgehead atoms. The molecule has 0 atom stereocenters. The van der Waals surface area contributed by atoms with Crippen LogP contribution in [0.25, 0.3) is 0 Å². The third-order valence-corrected chi connectivity index (χ3v) is 3.85. The molecule has 24 heavy (non-hydrogen) atoms. The summed E-state index contributed by atoms with van der Waals surface area (Å²) in [5, 5.41) is 3.99. The minimum Gasteiger partial charge on any atom is -0.491 e. The van der Waals surface area contributed by atoms with Gasteiger partial charge < -0.3 is 19.9 Å². The summed E-state index contributed by atoms with van der Waals surface area (Å²) in [6.45, 7) is 0.843. The van der Waals surface area contributed by atoms with E-state index < -0.39 is 5.82 Å². The largest absolute Gasteiger partial charge is 0.491 e. The quantitative estimate of drug-likeness (QED) is 0.841. The van der Waals surface area contributed by atoms with Crippen LogP contribution in [0.1, 0.15) is 40.6 Å². The number of nitrogens with two attached hydrogens (primary N) is 1. The van der Waals surface area contributed by atoms with Gasteiger partial charge in [0.25, 0.3) is 5.91 Å². The Balaban J connectivity index is 1.72. The molecule has 2 aromatic rings. The van der Waals surface area contributed by atoms with E-state index in [-0.39, 0.29) is 24.6 Å². The molecule has 1 saturated carbocycles. The maximum Gasteiger partial charge on any atom is 0.257 e. The second kappa shape index (κ2) is 7.00. The number of carbonyl (C=O) groups is 1. The molecule has 0 radical (unpaired) electrons. The molecule has 7 heteroatoms. The summed E-state index contributed by atoms with van der Waals surface area (Å²) in [6, 6.07) is 5.73. The summed E-state index contributed by atoms with van der Waals surface area (Å²) in [6.07, 6.45) is 2.24. The Hall–Kier alpha value is -2.41. The molecule has 1 fully saturated rings. The van der Waals surface area contributed by atoms with Crippen molar-refractivity contribution in [2.45, 2.75) is 25.3 Å². The van der Waals surface area contributed by atoms with E-state index in [9.17, 15) is 9.18 Å². The van der Waals surface area contributed by atoms with Crippen LogP contribution in [0.3, 0.4) is 0 Å². The molecule has 0 spiro atoms. The summed E-state index contributed by atoms with van der Waals surface area (Å²) in [7, 11) is 1.63. The number of hydrogen-bond donors (Lipinski definition) is 1. The normalized spacial score (nSPS) is 13.8. The van der Waals surface area contributed by atoms with Crippen molar-refractivity contribution in [3.8, 4) is 5.75 Å². The monoisotopic (exact) mass is 333 g/mol. The van der Waals surface area contributed by atoms with Crippen molar-refractivity contribution in [2.24, 2.45) is 5.73 Å². The van der Waals surface area contributed by atoms with Crippen molar-refractivity contribution in [1.29, 1.82) is 0 Å². The van der Waals surface area contributed by atoms with Gasteiger partial charge in [0.05, 0.1) is 12.1 Å². The predicted molar refractivity (Wildman–Crippen MR) is 85.2 cm³/mol. The lowest BCUT2D eigenvalue weighted by molar-refractivity contribution is 0.0777. The number of hydrogen-bond acceptors (Lipinski definition) is 5. The van der Waals surface area contributed by atoms with E-state index in [0.29, 0.717) is 23.9 Å². The van der Waals surface area contributed by atoms with Crippen molar-refractivity contribution < 1.29 is 18.4 Å². The number of carbonyl (C=O) groups excluding carboxylic acids is 1. The van der Waals surface area contributed by atoms with Crippen LogP contribution in [0.4, 0.5) is 4.39 Å². The highest BCUT2D eigenvalue weighted by Crippen LogP contribution is 2.40. The zero-order valence-electron chi connectivity index (χ0n) is 13.5. The molecule has 0 aliphatic heterocycles. The summed E-state index contributed by atoms with van der Waals surface area (Å²) in [5.41, 5.74) is 6.25. The summed E-state index contributed by atoms with van der Waals surface area (Å²) in [5.74, 6) is 0.801. The lowest BCUT2D eigenvalue weighted by Gasteiger charge is -2.18. The zero-order chi connectivity index (χ0) is 17.1. The van der Waals surface area contributed by atoms with Gasteiger partial charge in [-0.3, -0.25) is 4.79 Å². The van der Waals surface area contributed by atoms with Gasteiger partial charge in [-0.05, 0) is 31.0 Å². The smallest absolute Gasteiger partial charge is 0.257 e. The maximum absolute atomic E-state index is 13.5. The minimum absolute atomic E-state index is 0.164. The summed E-state index contributed by atoms with van der Waals surface area (Å²) >= 11 is 0. The molecule has 0 unspecified atom stereocenters. The molecule has 1 aromatic heterocycles. The van der Waals surface area contributed by atoms with E-state index in [2.05, 4.69) is 5.16 Å². The fraction of sp³-hybridized carbons (Fsp3) is 0.412. The standard InChI is InChI=1S/C17H20FN3O3/c1-21(10-13-9-16(24-20-13)11-2-3-11)17(22)14-8-12(18)4-5-15(14)23-7-6-19/h4-5,8-9,11H,2-3,6-7,10,19H2,1H3. The average Bonchev–Trinajstić information content (AvgIpc) is 3.33. The molecule has 1 aliphatic carbocycles. The van der Waals surface area contributed by atoms with Crippen LogP contribution in [0.2, 0.25) is 0 Å². The highest BCUT2D eigenvalue weighted by molar-refractivity contribution is 5.96. The predicted octanol–water partition coefficient (Wildman–Crippen LogP) is 2.30. The number of nitrogens with zero attached hydrogens (tertiary/aromatic N) is 2. The lowest BCUT2D eigenvalue weighted by atomic mass is 10.1. The summed E-state index contributed by atoms with van der Waals surface area (Å²) in [4.78, 5) is 14.1. The van der Waals surface area contributed by atoms with Crippen LogP contribution >= 0.6 is 0 Å². The van der Waals surface area contributed by atoms with E-state index in [4.69, 9.17) is 15.0 Å². The number of benzene rings is 1. The molecule has 1 heterocycles. The third-order valence-electron chi connectivity index (χ3n) is 3.85. The van der Waals surface area contributed by atoms with Crippen molar-refractivity contribution in [1.82, 2.24) is 10.1 Å². The second-order valence-corrected chi connectivity index (χ2v) is 5.93. The first-order valence-corrected chi connectivity index (χ1v) is 7.92. The molecule has 1 aliphatic rings. The number of rotatable bonds is 7. The molecule has 1 aromatic carbocycles. The van der Waals surface area contributed by atoms with Crippen molar-refractivity contribution in [3.05, 3.63) is 47.1 Å². The van der Waals surface area contributed by atoms with Crippen LogP contribution in [0.15, 0.2) is 28.8 Å². The van der Waals surface area contributed by atoms with Crippen molar-refractivity contribution in [3.63, 3.8) is 0 Å². The topological polar surface area (TPSA) is 81.6 Å². The Labute approximate surface area is 139 Å². The zero-order valence-corrected chi connectivity index (χ0v) is 13.5. The van der Waals surface area contributed by atoms with Gasteiger partial charge in [0.1, 0.15) is 29.6 Å². The van der Waals surface area contributed by atoms with Crippen LogP contribution in [-0.2, 0) is 6.54 Å². The molecule has 2 N–H and O–H groups in total. The van der Waals surface area contributed by atoms with E-state index in [0.717, 1.165) is 18.6 Å². The van der Waals surface area contributed by atoms with Gasteiger partial charge in [-0.25, -0.2) is 4.39 Å². The molecule has 0 saturated heterocycles. The first-order chi connectivity index (χ1) is 11.6. The SMILES string of the molecule is CN(Cc1cc(C2CC2)on1)C(=O)c1cc(F)ccc1OCCN. The Bertz CT molecular complexity index is 728. The third kappa shape index (κ3) is 3.73. The first kappa shape index (κ1) is 16.4. The Morgan fingerprint density at radius 1 is 1.46 bits per heavy atom. The minimum atomic E-state index is -0.496. The molecular formula is C17H20FN3O3. The van der Waals surface area contributed by atoms with Crippen LogP contribution in [0, 0.1) is 5.82 Å². The maximum atomic E-state index is 13.5. The van der Waals surface area contributed by atoms with E-state index in [1.807, 2.05) is 6.07 Å². The van der Waals surface area contributed by atoms with Crippen molar-refractivity contribution in [2.75, 3.05) is 20.2 Å². The van der Waals surface area contributed by atoms with Crippen LogP contribution < -0.4 is 10.5 Å². The Morgan fingerprint density at radius 2 is 2.25 bits per heavy atom. The lowest BCUT2D eigenvalue weighted by Crippen LogP contribution is -2.27. The highest BCUT2D eigenvalue weighted by Gasteiger charge is 2.28. The van der Waals surface area contributed by atoms with E-state index in [1.165, 1.54) is 23.1 Å². The molecule has 128 valence electrons. The van der Waals surface area contributed by atoms with Gasteiger partial charge in [0.2, 0.25) is 0 Å². The summed E-state index contributed by atoms with van der Waals surface area (Å²) < 4.78 is 24.3. The highest BCUT2D eigenvalue weighted by atomic mass is 19.1. The number of ether oxygens (including phenoxy) is 1. The van der Waals surface area contributed by atoms with Gasteiger partial charge in [-0.1, -0.05) is 5.16 Å². The second-order valence-electron chi connectivity index (χ2n) is 5.93. The van der Waals surface area contributed by atoms with Gasteiger partial charge in [0.15, 0.2) is 0 Å². The van der Waals surface area contributed by atoms with E-state index in [1.54, 1.807) is 7.05 Å². The fourth-order valence-corrected chi connectivity index (χ4v) is 2.45. The molecule has 1 amide bonds. The van der Waals surface area contributed by atoms with E-state index >= 15 is 0 Å². The van der Waals surface area contributed by atoms with Crippen LogP contribution in [-0.4, -0.2) is 36.2 Å². The van der Waals surface area contributed by atoms with Gasteiger partial charge in [-0.15, -0.1) is 0 Å². The van der Waals surface area contributed by atoms with Crippen LogP contribution in [0.5, 0.6) is 5.75 Å². The van der Waals surface area contributed by atoms with Gasteiger partial charge in [0, 0.05) is 25.6 Å². The average molecular weight is 333 g/mol. The van der Waals surface area contributed by atoms with Crippen molar-refractivity contribution >= 4 is 5.91 Å². The van der Waals surface area contributed by atoms with Gasteiger partial charge in [-0.2, -0.15) is 0 Å². The number of aromatic nitrogens is 1. The fourth-order valence-electron chi connectivity index (χ4n) is 2.45. The number of amides is 1. The molecular weight excluding hydrogens is 313 g/mol. The van der Waals surface area contributed by atoms with Gasteiger partial charge >= 0.3 is 0 Å². The molecule has 6 nitrogen and oxygen atoms in total.